The molecule has 8 heteroatoms. The number of carbonyl (C=O) groups excluding carboxylic acids is 1. The molecule has 1 aromatic rings. The Bertz CT molecular complexity index is 674. The van der Waals surface area contributed by atoms with Crippen molar-refractivity contribution in [1.82, 2.24) is 5.32 Å². The number of ether oxygens (including phenoxy) is 2. The molecule has 2 unspecified atom stereocenters. The normalized spacial score (nSPS) is 22.6. The average Bonchev–Trinajstić information content (AvgIpc) is 2.80. The Morgan fingerprint density at radius 2 is 2.04 bits per heavy atom. The van der Waals surface area contributed by atoms with Crippen molar-refractivity contribution in [2.24, 2.45) is 0 Å². The van der Waals surface area contributed by atoms with Crippen molar-refractivity contribution in [3.63, 3.8) is 0 Å². The number of benzene rings is 1. The summed E-state index contributed by atoms with van der Waals surface area (Å²) in [6.07, 6.45) is 0.299. The molecule has 0 bridgehead atoms. The van der Waals surface area contributed by atoms with Crippen LogP contribution in [-0.4, -0.2) is 52.3 Å². The Balaban J connectivity index is 2.02. The average molecular weight is 342 g/mol. The number of hydrogen-bond acceptors (Lipinski definition) is 5. The van der Waals surface area contributed by atoms with Crippen molar-refractivity contribution >= 4 is 21.6 Å². The van der Waals surface area contributed by atoms with E-state index in [1.165, 1.54) is 7.11 Å². The number of urea groups is 1. The molecule has 2 N–H and O–H groups in total. The summed E-state index contributed by atoms with van der Waals surface area (Å²) in [4.78, 5) is 12.1. The number of rotatable bonds is 5. The third kappa shape index (κ3) is 4.35. The van der Waals surface area contributed by atoms with Gasteiger partial charge in [-0.1, -0.05) is 13.0 Å². The first-order valence-corrected chi connectivity index (χ1v) is 9.18. The quantitative estimate of drug-likeness (QED) is 0.838. The van der Waals surface area contributed by atoms with E-state index in [4.69, 9.17) is 9.47 Å². The third-order valence-electron chi connectivity index (χ3n) is 3.85. The van der Waals surface area contributed by atoms with Gasteiger partial charge < -0.3 is 20.1 Å². The van der Waals surface area contributed by atoms with E-state index in [2.05, 4.69) is 10.6 Å². The predicted octanol–water partition coefficient (Wildman–Crippen LogP) is 1.19. The molecule has 7 nitrogen and oxygen atoms in total. The number of nitrogens with one attached hydrogen (secondary N) is 2. The highest BCUT2D eigenvalue weighted by molar-refractivity contribution is 7.91. The number of carbonyl (C=O) groups is 1. The molecule has 1 saturated heterocycles. The molecule has 0 radical (unpaired) electrons. The first kappa shape index (κ1) is 17.6. The van der Waals surface area contributed by atoms with Crippen molar-refractivity contribution in [1.29, 1.82) is 0 Å². The van der Waals surface area contributed by atoms with Gasteiger partial charge in [0.05, 0.1) is 30.8 Å². The maximum atomic E-state index is 12.1. The number of anilines is 1. The first-order chi connectivity index (χ1) is 10.9. The van der Waals surface area contributed by atoms with E-state index in [0.29, 0.717) is 11.4 Å². The van der Waals surface area contributed by atoms with Crippen LogP contribution < -0.4 is 15.4 Å². The fourth-order valence-electron chi connectivity index (χ4n) is 2.63. The number of aryl methyl sites for hydroxylation is 1. The Hall–Kier alpha value is -1.80. The molecule has 1 aliphatic rings. The minimum absolute atomic E-state index is 0.0759. The second-order valence-corrected chi connectivity index (χ2v) is 7.59. The lowest BCUT2D eigenvalue weighted by atomic mass is 10.1. The maximum Gasteiger partial charge on any atom is 0.319 e. The van der Waals surface area contributed by atoms with Crippen molar-refractivity contribution in [3.8, 4) is 5.75 Å². The predicted molar refractivity (Wildman–Crippen MR) is 87.8 cm³/mol. The van der Waals surface area contributed by atoms with Crippen LogP contribution in [0, 0.1) is 0 Å². The minimum Gasteiger partial charge on any atom is -0.496 e. The van der Waals surface area contributed by atoms with Gasteiger partial charge in [0.2, 0.25) is 0 Å². The summed E-state index contributed by atoms with van der Waals surface area (Å²) >= 11 is 0. The molecule has 2 atom stereocenters. The van der Waals surface area contributed by atoms with E-state index >= 15 is 0 Å². The Morgan fingerprint density at radius 1 is 1.30 bits per heavy atom. The minimum atomic E-state index is -3.18. The van der Waals surface area contributed by atoms with Crippen LogP contribution in [-0.2, 0) is 21.0 Å². The van der Waals surface area contributed by atoms with Gasteiger partial charge in [-0.25, -0.2) is 13.2 Å². The highest BCUT2D eigenvalue weighted by Gasteiger charge is 2.38. The summed E-state index contributed by atoms with van der Waals surface area (Å²) in [6, 6.07) is 4.37. The van der Waals surface area contributed by atoms with Crippen LogP contribution >= 0.6 is 0 Å². The first-order valence-electron chi connectivity index (χ1n) is 7.36. The van der Waals surface area contributed by atoms with E-state index < -0.39 is 28.0 Å². The van der Waals surface area contributed by atoms with Crippen LogP contribution in [0.3, 0.4) is 0 Å². The molecule has 2 amide bonds. The fourth-order valence-corrected chi connectivity index (χ4v) is 4.48. The molecule has 23 heavy (non-hydrogen) atoms. The zero-order valence-corrected chi connectivity index (χ0v) is 14.3. The van der Waals surface area contributed by atoms with Crippen LogP contribution in [0.15, 0.2) is 18.2 Å². The molecule has 0 spiro atoms. The third-order valence-corrected chi connectivity index (χ3v) is 5.55. The molecular formula is C15H22N2O5S. The Labute approximate surface area is 136 Å². The number of amides is 2. The van der Waals surface area contributed by atoms with E-state index in [0.717, 1.165) is 12.0 Å². The molecule has 0 saturated carbocycles. The topological polar surface area (TPSA) is 93.7 Å². The van der Waals surface area contributed by atoms with Gasteiger partial charge in [-0.15, -0.1) is 0 Å². The molecule has 1 aliphatic heterocycles. The molecule has 0 aliphatic carbocycles. The fraction of sp³-hybridized carbons (Fsp3) is 0.533. The molecule has 2 rings (SSSR count). The lowest BCUT2D eigenvalue weighted by molar-refractivity contribution is 0.102. The van der Waals surface area contributed by atoms with Gasteiger partial charge in [0.1, 0.15) is 5.75 Å². The SMILES string of the molecule is CCc1ccc(NC(=O)NC2CS(=O)(=O)CC2OC)cc1OC. The van der Waals surface area contributed by atoms with Crippen LogP contribution in [0.25, 0.3) is 0 Å². The zero-order valence-electron chi connectivity index (χ0n) is 13.5. The van der Waals surface area contributed by atoms with Crippen molar-refractivity contribution in [2.75, 3.05) is 31.0 Å². The smallest absolute Gasteiger partial charge is 0.319 e. The van der Waals surface area contributed by atoms with E-state index in [1.54, 1.807) is 19.2 Å². The van der Waals surface area contributed by atoms with Gasteiger partial charge in [-0.2, -0.15) is 0 Å². The van der Waals surface area contributed by atoms with Gasteiger partial charge >= 0.3 is 6.03 Å². The van der Waals surface area contributed by atoms with Crippen molar-refractivity contribution in [3.05, 3.63) is 23.8 Å². The highest BCUT2D eigenvalue weighted by atomic mass is 32.2. The summed E-state index contributed by atoms with van der Waals surface area (Å²) in [6.45, 7) is 2.02. The molecule has 0 aromatic heterocycles. The van der Waals surface area contributed by atoms with Crippen molar-refractivity contribution < 1.29 is 22.7 Å². The second kappa shape index (κ2) is 7.18. The zero-order chi connectivity index (χ0) is 17.0. The summed E-state index contributed by atoms with van der Waals surface area (Å²) < 4.78 is 33.7. The van der Waals surface area contributed by atoms with Crippen molar-refractivity contribution in [2.45, 2.75) is 25.5 Å². The van der Waals surface area contributed by atoms with Gasteiger partial charge in [0, 0.05) is 18.9 Å². The number of hydrogen-bond donors (Lipinski definition) is 2. The summed E-state index contributed by atoms with van der Waals surface area (Å²) in [5.41, 5.74) is 1.62. The molecule has 1 aromatic carbocycles. The summed E-state index contributed by atoms with van der Waals surface area (Å²) in [5, 5.41) is 5.34. The number of sulfone groups is 1. The number of methoxy groups -OCH3 is 2. The van der Waals surface area contributed by atoms with E-state index in [9.17, 15) is 13.2 Å². The highest BCUT2D eigenvalue weighted by Crippen LogP contribution is 2.23. The largest absolute Gasteiger partial charge is 0.496 e. The standard InChI is InChI=1S/C15H22N2O5S/c1-4-10-5-6-11(7-13(10)21-2)16-15(18)17-12-8-23(19,20)9-14(12)22-3/h5-7,12,14H,4,8-9H2,1-3H3,(H2,16,17,18). The molecule has 128 valence electrons. The molecular weight excluding hydrogens is 320 g/mol. The monoisotopic (exact) mass is 342 g/mol. The molecule has 1 heterocycles. The maximum absolute atomic E-state index is 12.1. The Morgan fingerprint density at radius 3 is 2.65 bits per heavy atom. The van der Waals surface area contributed by atoms with Crippen LogP contribution in [0.5, 0.6) is 5.75 Å². The molecule has 1 fully saturated rings. The van der Waals surface area contributed by atoms with E-state index in [1.807, 2.05) is 13.0 Å². The van der Waals surface area contributed by atoms with Gasteiger partial charge in [0.25, 0.3) is 0 Å². The van der Waals surface area contributed by atoms with Gasteiger partial charge in [0.15, 0.2) is 9.84 Å². The lowest BCUT2D eigenvalue weighted by Crippen LogP contribution is -2.45. The summed E-state index contributed by atoms with van der Waals surface area (Å²) in [5.74, 6) is 0.508. The summed E-state index contributed by atoms with van der Waals surface area (Å²) in [7, 11) is -0.171. The van der Waals surface area contributed by atoms with Crippen LogP contribution in [0.4, 0.5) is 10.5 Å². The van der Waals surface area contributed by atoms with Gasteiger partial charge in [-0.05, 0) is 18.1 Å². The second-order valence-electron chi connectivity index (χ2n) is 5.44. The lowest BCUT2D eigenvalue weighted by Gasteiger charge is -2.18. The van der Waals surface area contributed by atoms with Crippen LogP contribution in [0.2, 0.25) is 0 Å². The van der Waals surface area contributed by atoms with Gasteiger partial charge in [-0.3, -0.25) is 0 Å². The Kier molecular flexibility index (Phi) is 5.48. The van der Waals surface area contributed by atoms with Crippen LogP contribution in [0.1, 0.15) is 12.5 Å². The van der Waals surface area contributed by atoms with E-state index in [-0.39, 0.29) is 11.5 Å².